The highest BCUT2D eigenvalue weighted by atomic mass is 32.2. The number of hydrogen-bond donors (Lipinski definition) is 1. The largest absolute Gasteiger partial charge is 0.375 e. The van der Waals surface area contributed by atoms with Crippen molar-refractivity contribution in [2.45, 2.75) is 56.2 Å². The highest BCUT2D eigenvalue weighted by Crippen LogP contribution is 2.26. The average Bonchev–Trinajstić information content (AvgIpc) is 2.36. The second-order valence-corrected chi connectivity index (χ2v) is 8.13. The Kier molecular flexibility index (Phi) is 5.22. The molecule has 4 unspecified atom stereocenters. The summed E-state index contributed by atoms with van der Waals surface area (Å²) in [7, 11) is -2.93. The number of nitrogens with one attached hydrogen (secondary N) is 1. The first-order valence-corrected chi connectivity index (χ1v) is 9.07. The molecule has 2 aliphatic rings. The summed E-state index contributed by atoms with van der Waals surface area (Å²) >= 11 is 0. The van der Waals surface area contributed by atoms with E-state index in [0.717, 1.165) is 32.4 Å². The first-order valence-electron chi connectivity index (χ1n) is 7.12. The minimum absolute atomic E-state index is 0.0642. The van der Waals surface area contributed by atoms with E-state index in [2.05, 4.69) is 5.32 Å². The van der Waals surface area contributed by atoms with Crippen molar-refractivity contribution in [3.05, 3.63) is 0 Å². The van der Waals surface area contributed by atoms with E-state index in [-0.39, 0.29) is 23.6 Å². The predicted molar refractivity (Wildman–Crippen MR) is 74.0 cm³/mol. The van der Waals surface area contributed by atoms with Gasteiger partial charge in [0, 0.05) is 19.3 Å². The predicted octanol–water partition coefficient (Wildman–Crippen LogP) is 0.736. The Bertz CT molecular complexity index is 384. The number of hydrogen-bond acceptors (Lipinski definition) is 5. The summed E-state index contributed by atoms with van der Waals surface area (Å²) < 4.78 is 34.8. The van der Waals surface area contributed by atoms with Crippen LogP contribution in [0.25, 0.3) is 0 Å². The molecule has 1 aliphatic carbocycles. The van der Waals surface area contributed by atoms with Gasteiger partial charge in [-0.2, -0.15) is 0 Å². The zero-order valence-electron chi connectivity index (χ0n) is 11.8. The van der Waals surface area contributed by atoms with Gasteiger partial charge in [0.2, 0.25) is 0 Å². The summed E-state index contributed by atoms with van der Waals surface area (Å²) in [5.41, 5.74) is 0. The third-order valence-electron chi connectivity index (χ3n) is 3.93. The molecule has 19 heavy (non-hydrogen) atoms. The second kappa shape index (κ2) is 6.52. The normalized spacial score (nSPS) is 37.2. The summed E-state index contributed by atoms with van der Waals surface area (Å²) in [6.07, 6.45) is 5.00. The van der Waals surface area contributed by atoms with E-state index in [1.54, 1.807) is 0 Å². The van der Waals surface area contributed by atoms with Crippen LogP contribution in [-0.4, -0.2) is 57.9 Å². The number of rotatable bonds is 4. The Balaban J connectivity index is 1.76. The summed E-state index contributed by atoms with van der Waals surface area (Å²) in [4.78, 5) is 0. The van der Waals surface area contributed by atoms with Crippen LogP contribution in [0.1, 0.15) is 32.6 Å². The van der Waals surface area contributed by atoms with Gasteiger partial charge < -0.3 is 14.8 Å². The molecular weight excluding hydrogens is 266 g/mol. The molecule has 1 saturated heterocycles. The lowest BCUT2D eigenvalue weighted by atomic mass is 9.97. The van der Waals surface area contributed by atoms with Gasteiger partial charge in [0.1, 0.15) is 9.84 Å². The van der Waals surface area contributed by atoms with Gasteiger partial charge in [0.15, 0.2) is 0 Å². The second-order valence-electron chi connectivity index (χ2n) is 5.80. The molecule has 5 nitrogen and oxygen atoms in total. The monoisotopic (exact) mass is 291 g/mol. The van der Waals surface area contributed by atoms with E-state index in [9.17, 15) is 8.42 Å². The molecule has 112 valence electrons. The van der Waals surface area contributed by atoms with Gasteiger partial charge in [0.25, 0.3) is 0 Å². The first kappa shape index (κ1) is 15.2. The number of morpholine rings is 1. The maximum absolute atomic E-state index is 11.6. The van der Waals surface area contributed by atoms with Crippen LogP contribution in [0, 0.1) is 0 Å². The van der Waals surface area contributed by atoms with Gasteiger partial charge in [-0.05, 0) is 32.6 Å². The standard InChI is InChI=1S/C13H25NO4S/c1-10-7-14-8-12(18-10)9-17-11-4-3-5-13(6-11)19(2,15)16/h10-14H,3-9H2,1-2H3. The van der Waals surface area contributed by atoms with Gasteiger partial charge in [-0.3, -0.25) is 0 Å². The van der Waals surface area contributed by atoms with E-state index in [1.165, 1.54) is 6.26 Å². The summed E-state index contributed by atoms with van der Waals surface area (Å²) in [6, 6.07) is 0. The van der Waals surface area contributed by atoms with Crippen molar-refractivity contribution in [1.29, 1.82) is 0 Å². The Hall–Kier alpha value is -0.170. The van der Waals surface area contributed by atoms with Crippen LogP contribution < -0.4 is 5.32 Å². The lowest BCUT2D eigenvalue weighted by Gasteiger charge is -2.32. The number of ether oxygens (including phenoxy) is 2. The van der Waals surface area contributed by atoms with Gasteiger partial charge in [-0.25, -0.2) is 8.42 Å². The Morgan fingerprint density at radius 1 is 1.32 bits per heavy atom. The minimum Gasteiger partial charge on any atom is -0.375 e. The molecule has 2 rings (SSSR count). The van der Waals surface area contributed by atoms with Crippen molar-refractivity contribution in [3.63, 3.8) is 0 Å². The van der Waals surface area contributed by atoms with Crippen LogP contribution in [-0.2, 0) is 19.3 Å². The van der Waals surface area contributed by atoms with Gasteiger partial charge in [-0.1, -0.05) is 0 Å². The molecular formula is C13H25NO4S. The molecule has 1 heterocycles. The fraction of sp³-hybridized carbons (Fsp3) is 1.00. The molecule has 1 aliphatic heterocycles. The van der Waals surface area contributed by atoms with Crippen molar-refractivity contribution in [1.82, 2.24) is 5.32 Å². The lowest BCUT2D eigenvalue weighted by molar-refractivity contribution is -0.0894. The minimum atomic E-state index is -2.93. The maximum atomic E-state index is 11.6. The van der Waals surface area contributed by atoms with Crippen molar-refractivity contribution >= 4 is 9.84 Å². The van der Waals surface area contributed by atoms with Crippen LogP contribution in [0.15, 0.2) is 0 Å². The fourth-order valence-corrected chi connectivity index (χ4v) is 4.02. The highest BCUT2D eigenvalue weighted by Gasteiger charge is 2.30. The summed E-state index contributed by atoms with van der Waals surface area (Å²) in [5, 5.41) is 3.08. The fourth-order valence-electron chi connectivity index (χ4n) is 2.86. The zero-order valence-corrected chi connectivity index (χ0v) is 12.6. The molecule has 0 amide bonds. The van der Waals surface area contributed by atoms with Crippen LogP contribution in [0.4, 0.5) is 0 Å². The van der Waals surface area contributed by atoms with E-state index in [4.69, 9.17) is 9.47 Å². The smallest absolute Gasteiger partial charge is 0.150 e. The molecule has 4 atom stereocenters. The molecule has 0 aromatic heterocycles. The Morgan fingerprint density at radius 2 is 2.11 bits per heavy atom. The molecule has 0 radical (unpaired) electrons. The quantitative estimate of drug-likeness (QED) is 0.827. The van der Waals surface area contributed by atoms with E-state index >= 15 is 0 Å². The molecule has 1 N–H and O–H groups in total. The zero-order chi connectivity index (χ0) is 13.9. The third kappa shape index (κ3) is 4.70. The van der Waals surface area contributed by atoms with E-state index < -0.39 is 9.84 Å². The SMILES string of the molecule is CC1CNCC(COC2CCCC(S(C)(=O)=O)C2)O1. The highest BCUT2D eigenvalue weighted by molar-refractivity contribution is 7.91. The number of sulfone groups is 1. The van der Waals surface area contributed by atoms with Crippen molar-refractivity contribution in [2.24, 2.45) is 0 Å². The van der Waals surface area contributed by atoms with Crippen LogP contribution in [0.5, 0.6) is 0 Å². The topological polar surface area (TPSA) is 64.6 Å². The molecule has 0 aromatic carbocycles. The molecule has 2 fully saturated rings. The third-order valence-corrected chi connectivity index (χ3v) is 5.57. The average molecular weight is 291 g/mol. The van der Waals surface area contributed by atoms with Crippen molar-refractivity contribution in [3.8, 4) is 0 Å². The van der Waals surface area contributed by atoms with Crippen LogP contribution >= 0.6 is 0 Å². The maximum Gasteiger partial charge on any atom is 0.150 e. The molecule has 6 heteroatoms. The first-order chi connectivity index (χ1) is 8.95. The van der Waals surface area contributed by atoms with Gasteiger partial charge >= 0.3 is 0 Å². The summed E-state index contributed by atoms with van der Waals surface area (Å²) in [6.45, 7) is 4.29. The Labute approximate surface area is 116 Å². The summed E-state index contributed by atoms with van der Waals surface area (Å²) in [5.74, 6) is 0. The van der Waals surface area contributed by atoms with Gasteiger partial charge in [0.05, 0.1) is 30.2 Å². The van der Waals surface area contributed by atoms with E-state index in [1.807, 2.05) is 6.92 Å². The molecule has 0 aromatic rings. The van der Waals surface area contributed by atoms with Gasteiger partial charge in [-0.15, -0.1) is 0 Å². The Morgan fingerprint density at radius 3 is 2.79 bits per heavy atom. The lowest BCUT2D eigenvalue weighted by Crippen LogP contribution is -2.46. The van der Waals surface area contributed by atoms with Crippen molar-refractivity contribution < 1.29 is 17.9 Å². The molecule has 1 saturated carbocycles. The van der Waals surface area contributed by atoms with Crippen LogP contribution in [0.3, 0.4) is 0 Å². The molecule has 0 spiro atoms. The molecule has 0 bridgehead atoms. The van der Waals surface area contributed by atoms with E-state index in [0.29, 0.717) is 13.0 Å². The van der Waals surface area contributed by atoms with Crippen molar-refractivity contribution in [2.75, 3.05) is 26.0 Å². The van der Waals surface area contributed by atoms with Crippen LogP contribution in [0.2, 0.25) is 0 Å².